The van der Waals surface area contributed by atoms with Crippen molar-refractivity contribution < 1.29 is 9.53 Å². The van der Waals surface area contributed by atoms with Crippen LogP contribution < -0.4 is 16.8 Å². The quantitative estimate of drug-likeness (QED) is 0.438. The van der Waals surface area contributed by atoms with Gasteiger partial charge in [0.05, 0.1) is 0 Å². The second-order valence-electron chi connectivity index (χ2n) is 5.03. The van der Waals surface area contributed by atoms with Crippen LogP contribution in [0.5, 0.6) is 0 Å². The summed E-state index contributed by atoms with van der Waals surface area (Å²) in [6, 6.07) is 9.86. The summed E-state index contributed by atoms with van der Waals surface area (Å²) < 4.78 is 5.77. The Bertz CT molecular complexity index is 532. The molecular formula is C16H21N3O2. The number of piperidine rings is 1. The molecule has 0 atom stereocenters. The molecule has 5 nitrogen and oxygen atoms in total. The lowest BCUT2D eigenvalue weighted by atomic mass is 9.85. The maximum Gasteiger partial charge on any atom is 0.331 e. The Hall–Kier alpha value is -2.27. The standard InChI is InChI=1S/C16H21N3O2/c17-12-14(18)6-7-15(20)21-16(8-10-19-11-9-16)13-4-2-1-3-5-13/h1-7,12,19H,8-11,17-18H2/b7-6+,14-12-. The average molecular weight is 287 g/mol. The third-order valence-electron chi connectivity index (χ3n) is 3.61. The van der Waals surface area contributed by atoms with Gasteiger partial charge in [0.15, 0.2) is 0 Å². The Morgan fingerprint density at radius 1 is 1.19 bits per heavy atom. The van der Waals surface area contributed by atoms with Crippen LogP contribution in [0.2, 0.25) is 0 Å². The highest BCUT2D eigenvalue weighted by Gasteiger charge is 2.37. The van der Waals surface area contributed by atoms with Crippen LogP contribution in [-0.4, -0.2) is 19.1 Å². The summed E-state index contributed by atoms with van der Waals surface area (Å²) in [6.07, 6.45) is 5.49. The number of nitrogens with two attached hydrogens (primary N) is 2. The first-order chi connectivity index (χ1) is 10.2. The highest BCUT2D eigenvalue weighted by Crippen LogP contribution is 2.34. The minimum atomic E-state index is -0.574. The summed E-state index contributed by atoms with van der Waals surface area (Å²) in [5, 5.41) is 3.29. The minimum absolute atomic E-state index is 0.325. The van der Waals surface area contributed by atoms with Gasteiger partial charge in [0.2, 0.25) is 0 Å². The largest absolute Gasteiger partial charge is 0.451 e. The van der Waals surface area contributed by atoms with Crippen LogP contribution in [0, 0.1) is 0 Å². The molecule has 112 valence electrons. The third-order valence-corrected chi connectivity index (χ3v) is 3.61. The van der Waals surface area contributed by atoms with Crippen molar-refractivity contribution in [3.8, 4) is 0 Å². The molecule has 0 unspecified atom stereocenters. The molecule has 1 aromatic rings. The zero-order chi connectivity index (χ0) is 15.1. The smallest absolute Gasteiger partial charge is 0.331 e. The fourth-order valence-electron chi connectivity index (χ4n) is 2.47. The molecule has 1 aromatic carbocycles. The van der Waals surface area contributed by atoms with Gasteiger partial charge < -0.3 is 21.5 Å². The first-order valence-electron chi connectivity index (χ1n) is 7.01. The minimum Gasteiger partial charge on any atom is -0.451 e. The van der Waals surface area contributed by atoms with Gasteiger partial charge in [0, 0.05) is 30.8 Å². The van der Waals surface area contributed by atoms with Crippen molar-refractivity contribution in [2.24, 2.45) is 11.5 Å². The Morgan fingerprint density at radius 2 is 1.86 bits per heavy atom. The van der Waals surface area contributed by atoms with Crippen LogP contribution in [-0.2, 0) is 15.1 Å². The van der Waals surface area contributed by atoms with Gasteiger partial charge >= 0.3 is 5.97 Å². The lowest BCUT2D eigenvalue weighted by Gasteiger charge is -2.37. The number of carbonyl (C=O) groups excluding carboxylic acids is 1. The van der Waals surface area contributed by atoms with E-state index in [1.54, 1.807) is 0 Å². The number of hydrogen-bond acceptors (Lipinski definition) is 5. The number of hydrogen-bond donors (Lipinski definition) is 3. The van der Waals surface area contributed by atoms with Gasteiger partial charge in [0.25, 0.3) is 0 Å². The SMILES string of the molecule is N/C=C(N)/C=C/C(=O)OC1(c2ccccc2)CCNCC1. The topological polar surface area (TPSA) is 90.4 Å². The van der Waals surface area contributed by atoms with Crippen LogP contribution in [0.1, 0.15) is 18.4 Å². The molecule has 5 N–H and O–H groups in total. The van der Waals surface area contributed by atoms with Crippen molar-refractivity contribution in [3.05, 3.63) is 59.9 Å². The van der Waals surface area contributed by atoms with E-state index in [4.69, 9.17) is 16.2 Å². The van der Waals surface area contributed by atoms with Crippen molar-refractivity contribution in [2.45, 2.75) is 18.4 Å². The molecule has 1 fully saturated rings. The number of ether oxygens (including phenoxy) is 1. The summed E-state index contributed by atoms with van der Waals surface area (Å²) in [4.78, 5) is 12.1. The van der Waals surface area contributed by atoms with Gasteiger partial charge in [-0.05, 0) is 24.7 Å². The van der Waals surface area contributed by atoms with Gasteiger partial charge in [-0.25, -0.2) is 4.79 Å². The number of rotatable bonds is 4. The number of allylic oxidation sites excluding steroid dienone is 1. The molecule has 0 aromatic heterocycles. The maximum absolute atomic E-state index is 12.1. The number of esters is 1. The van der Waals surface area contributed by atoms with E-state index in [-0.39, 0.29) is 0 Å². The Kier molecular flexibility index (Phi) is 5.00. The number of benzene rings is 1. The molecule has 1 aliphatic heterocycles. The Balaban J connectivity index is 2.18. The molecule has 5 heteroatoms. The Morgan fingerprint density at radius 3 is 2.48 bits per heavy atom. The van der Waals surface area contributed by atoms with E-state index in [0.717, 1.165) is 31.5 Å². The molecule has 21 heavy (non-hydrogen) atoms. The van der Waals surface area contributed by atoms with Crippen LogP contribution in [0.4, 0.5) is 0 Å². The van der Waals surface area contributed by atoms with Gasteiger partial charge in [-0.3, -0.25) is 0 Å². The zero-order valence-corrected chi connectivity index (χ0v) is 11.9. The van der Waals surface area contributed by atoms with E-state index in [1.807, 2.05) is 30.3 Å². The number of carbonyl (C=O) groups is 1. The van der Waals surface area contributed by atoms with Gasteiger partial charge in [0.1, 0.15) is 5.60 Å². The highest BCUT2D eigenvalue weighted by molar-refractivity contribution is 5.83. The molecule has 0 aliphatic carbocycles. The fourth-order valence-corrected chi connectivity index (χ4v) is 2.47. The highest BCUT2D eigenvalue weighted by atomic mass is 16.6. The molecule has 1 heterocycles. The fraction of sp³-hybridized carbons (Fsp3) is 0.312. The van der Waals surface area contributed by atoms with Gasteiger partial charge in [-0.15, -0.1) is 0 Å². The molecule has 0 amide bonds. The third kappa shape index (κ3) is 3.86. The predicted octanol–water partition coefficient (Wildman–Crippen LogP) is 1.12. The normalized spacial score (nSPS) is 18.6. The summed E-state index contributed by atoms with van der Waals surface area (Å²) in [5.41, 5.74) is 11.6. The second-order valence-corrected chi connectivity index (χ2v) is 5.03. The van der Waals surface area contributed by atoms with Gasteiger partial charge in [-0.1, -0.05) is 30.3 Å². The molecular weight excluding hydrogens is 266 g/mol. The van der Waals surface area contributed by atoms with Crippen LogP contribution in [0.25, 0.3) is 0 Å². The molecule has 0 radical (unpaired) electrons. The lowest BCUT2D eigenvalue weighted by molar-refractivity contribution is -0.157. The first kappa shape index (κ1) is 15.1. The van der Waals surface area contributed by atoms with Crippen LogP contribution in [0.3, 0.4) is 0 Å². The van der Waals surface area contributed by atoms with E-state index in [9.17, 15) is 4.79 Å². The van der Waals surface area contributed by atoms with E-state index in [2.05, 4.69) is 5.32 Å². The first-order valence-corrected chi connectivity index (χ1v) is 7.01. The summed E-state index contributed by atoms with van der Waals surface area (Å²) >= 11 is 0. The van der Waals surface area contributed by atoms with Crippen molar-refractivity contribution >= 4 is 5.97 Å². The molecule has 1 saturated heterocycles. The molecule has 0 saturated carbocycles. The lowest BCUT2D eigenvalue weighted by Crippen LogP contribution is -2.42. The van der Waals surface area contributed by atoms with Crippen LogP contribution in [0.15, 0.2) is 54.4 Å². The van der Waals surface area contributed by atoms with Crippen molar-refractivity contribution in [1.82, 2.24) is 5.32 Å². The number of nitrogens with one attached hydrogen (secondary N) is 1. The van der Waals surface area contributed by atoms with E-state index >= 15 is 0 Å². The molecule has 0 bridgehead atoms. The van der Waals surface area contributed by atoms with E-state index < -0.39 is 11.6 Å². The Labute approximate surface area is 124 Å². The summed E-state index contributed by atoms with van der Waals surface area (Å²) in [7, 11) is 0. The predicted molar refractivity (Wildman–Crippen MR) is 81.9 cm³/mol. The maximum atomic E-state index is 12.1. The van der Waals surface area contributed by atoms with Crippen molar-refractivity contribution in [2.75, 3.05) is 13.1 Å². The average Bonchev–Trinajstić information content (AvgIpc) is 2.54. The summed E-state index contributed by atoms with van der Waals surface area (Å²) in [6.45, 7) is 1.63. The zero-order valence-electron chi connectivity index (χ0n) is 11.9. The van der Waals surface area contributed by atoms with Gasteiger partial charge in [-0.2, -0.15) is 0 Å². The monoisotopic (exact) mass is 287 g/mol. The molecule has 2 rings (SSSR count). The second kappa shape index (κ2) is 6.95. The summed E-state index contributed by atoms with van der Waals surface area (Å²) in [5.74, 6) is -0.412. The molecule has 1 aliphatic rings. The van der Waals surface area contributed by atoms with E-state index in [1.165, 1.54) is 18.4 Å². The van der Waals surface area contributed by atoms with Crippen molar-refractivity contribution in [1.29, 1.82) is 0 Å². The molecule has 0 spiro atoms. The van der Waals surface area contributed by atoms with Crippen molar-refractivity contribution in [3.63, 3.8) is 0 Å². The van der Waals surface area contributed by atoms with Crippen LogP contribution >= 0.6 is 0 Å². The van der Waals surface area contributed by atoms with E-state index in [0.29, 0.717) is 5.70 Å².